The summed E-state index contributed by atoms with van der Waals surface area (Å²) in [4.78, 5) is 2.66. The highest BCUT2D eigenvalue weighted by atomic mass is 15.2. The van der Waals surface area contributed by atoms with Crippen molar-refractivity contribution in [3.63, 3.8) is 0 Å². The maximum atomic E-state index is 5.83. The molecular weight excluding hydrogens is 172 g/mol. The highest BCUT2D eigenvalue weighted by molar-refractivity contribution is 4.92. The first-order chi connectivity index (χ1) is 6.64. The Morgan fingerprint density at radius 2 is 2.21 bits per heavy atom. The monoisotopic (exact) mass is 196 g/mol. The van der Waals surface area contributed by atoms with E-state index in [-0.39, 0.29) is 0 Å². The highest BCUT2D eigenvalue weighted by Gasteiger charge is 2.37. The minimum Gasteiger partial charge on any atom is -0.330 e. The van der Waals surface area contributed by atoms with E-state index in [4.69, 9.17) is 5.73 Å². The number of hydrogen-bond acceptors (Lipinski definition) is 2. The van der Waals surface area contributed by atoms with Crippen molar-refractivity contribution in [3.05, 3.63) is 0 Å². The Bertz CT molecular complexity index is 200. The number of rotatable bonds is 3. The molecule has 1 saturated carbocycles. The van der Waals surface area contributed by atoms with Crippen LogP contribution >= 0.6 is 0 Å². The van der Waals surface area contributed by atoms with Gasteiger partial charge >= 0.3 is 0 Å². The Labute approximate surface area is 87.8 Å². The summed E-state index contributed by atoms with van der Waals surface area (Å²) in [5.74, 6) is 0.982. The lowest BCUT2D eigenvalue weighted by Crippen LogP contribution is -2.41. The Kier molecular flexibility index (Phi) is 2.85. The first-order valence-corrected chi connectivity index (χ1v) is 6.09. The maximum absolute atomic E-state index is 5.83. The van der Waals surface area contributed by atoms with E-state index in [9.17, 15) is 0 Å². The van der Waals surface area contributed by atoms with E-state index in [1.165, 1.54) is 38.8 Å². The van der Waals surface area contributed by atoms with E-state index < -0.39 is 0 Å². The fourth-order valence-electron chi connectivity index (χ4n) is 2.80. The Balaban J connectivity index is 1.88. The van der Waals surface area contributed by atoms with E-state index in [1.807, 2.05) is 0 Å². The molecule has 0 amide bonds. The average molecular weight is 196 g/mol. The fourth-order valence-corrected chi connectivity index (χ4v) is 2.80. The number of nitrogens with zero attached hydrogens (tertiary/aromatic N) is 1. The normalized spacial score (nSPS) is 37.1. The Morgan fingerprint density at radius 1 is 1.50 bits per heavy atom. The second-order valence-electron chi connectivity index (χ2n) is 5.67. The van der Waals surface area contributed by atoms with Gasteiger partial charge in [0.1, 0.15) is 0 Å². The van der Waals surface area contributed by atoms with Crippen molar-refractivity contribution in [1.82, 2.24) is 4.90 Å². The van der Waals surface area contributed by atoms with E-state index in [0.717, 1.165) is 18.5 Å². The van der Waals surface area contributed by atoms with Gasteiger partial charge in [-0.3, -0.25) is 4.90 Å². The zero-order valence-electron chi connectivity index (χ0n) is 9.63. The summed E-state index contributed by atoms with van der Waals surface area (Å²) in [6, 6.07) is 0.803. The number of nitrogens with two attached hydrogens (primary N) is 1. The van der Waals surface area contributed by atoms with Crippen LogP contribution in [0.5, 0.6) is 0 Å². The van der Waals surface area contributed by atoms with Crippen LogP contribution < -0.4 is 5.73 Å². The molecule has 2 rings (SSSR count). The molecule has 14 heavy (non-hydrogen) atoms. The predicted molar refractivity (Wildman–Crippen MR) is 60.2 cm³/mol. The summed E-state index contributed by atoms with van der Waals surface area (Å²) in [7, 11) is 0. The number of likely N-dealkylation sites (tertiary alicyclic amines) is 1. The summed E-state index contributed by atoms with van der Waals surface area (Å²) < 4.78 is 0. The summed E-state index contributed by atoms with van der Waals surface area (Å²) in [6.07, 6.45) is 5.66. The molecule has 1 saturated heterocycles. The summed E-state index contributed by atoms with van der Waals surface area (Å²) in [5.41, 5.74) is 6.23. The van der Waals surface area contributed by atoms with Gasteiger partial charge < -0.3 is 5.73 Å². The SMILES string of the molecule is CC(C1CCC1)N1CCC(C)(CN)C1. The molecule has 2 unspecified atom stereocenters. The van der Waals surface area contributed by atoms with Crippen LogP contribution in [-0.4, -0.2) is 30.6 Å². The van der Waals surface area contributed by atoms with Gasteiger partial charge in [0.05, 0.1) is 0 Å². The third kappa shape index (κ3) is 1.82. The lowest BCUT2D eigenvalue weighted by Gasteiger charge is -2.38. The molecule has 0 aromatic rings. The molecule has 0 bridgehead atoms. The zero-order valence-corrected chi connectivity index (χ0v) is 9.63. The van der Waals surface area contributed by atoms with E-state index in [1.54, 1.807) is 0 Å². The molecule has 1 heterocycles. The van der Waals surface area contributed by atoms with Crippen LogP contribution in [0, 0.1) is 11.3 Å². The lowest BCUT2D eigenvalue weighted by molar-refractivity contribution is 0.120. The quantitative estimate of drug-likeness (QED) is 0.746. The summed E-state index contributed by atoms with van der Waals surface area (Å²) >= 11 is 0. The lowest BCUT2D eigenvalue weighted by atomic mass is 9.80. The third-order valence-corrected chi connectivity index (χ3v) is 4.49. The number of hydrogen-bond donors (Lipinski definition) is 1. The molecule has 2 fully saturated rings. The fraction of sp³-hybridized carbons (Fsp3) is 1.00. The molecule has 0 spiro atoms. The standard InChI is InChI=1S/C12H24N2/c1-10(11-4-3-5-11)14-7-6-12(2,8-13)9-14/h10-11H,3-9,13H2,1-2H3. The van der Waals surface area contributed by atoms with Gasteiger partial charge in [-0.2, -0.15) is 0 Å². The van der Waals surface area contributed by atoms with Gasteiger partial charge in [-0.15, -0.1) is 0 Å². The second-order valence-corrected chi connectivity index (χ2v) is 5.67. The van der Waals surface area contributed by atoms with Crippen molar-refractivity contribution < 1.29 is 0 Å². The Morgan fingerprint density at radius 3 is 2.64 bits per heavy atom. The van der Waals surface area contributed by atoms with E-state index >= 15 is 0 Å². The molecule has 1 aliphatic carbocycles. The van der Waals surface area contributed by atoms with Crippen LogP contribution in [0.15, 0.2) is 0 Å². The maximum Gasteiger partial charge on any atom is 0.00954 e. The van der Waals surface area contributed by atoms with Crippen molar-refractivity contribution in [2.24, 2.45) is 17.1 Å². The van der Waals surface area contributed by atoms with Gasteiger partial charge in [0, 0.05) is 12.6 Å². The molecule has 2 N–H and O–H groups in total. The summed E-state index contributed by atoms with van der Waals surface area (Å²) in [6.45, 7) is 8.08. The van der Waals surface area contributed by atoms with Gasteiger partial charge in [-0.25, -0.2) is 0 Å². The molecule has 1 aliphatic heterocycles. The third-order valence-electron chi connectivity index (χ3n) is 4.49. The largest absolute Gasteiger partial charge is 0.330 e. The highest BCUT2D eigenvalue weighted by Crippen LogP contribution is 2.37. The van der Waals surface area contributed by atoms with E-state index in [0.29, 0.717) is 5.41 Å². The van der Waals surface area contributed by atoms with Crippen molar-refractivity contribution >= 4 is 0 Å². The van der Waals surface area contributed by atoms with Crippen molar-refractivity contribution in [2.45, 2.75) is 45.6 Å². The van der Waals surface area contributed by atoms with Crippen LogP contribution in [0.3, 0.4) is 0 Å². The topological polar surface area (TPSA) is 29.3 Å². The van der Waals surface area contributed by atoms with Crippen molar-refractivity contribution in [3.8, 4) is 0 Å². The average Bonchev–Trinajstić information content (AvgIpc) is 2.46. The zero-order chi connectivity index (χ0) is 10.2. The van der Waals surface area contributed by atoms with Gasteiger partial charge in [0.2, 0.25) is 0 Å². The minimum absolute atomic E-state index is 0.401. The molecule has 0 radical (unpaired) electrons. The van der Waals surface area contributed by atoms with Crippen molar-refractivity contribution in [1.29, 1.82) is 0 Å². The molecule has 2 heteroatoms. The molecule has 2 atom stereocenters. The van der Waals surface area contributed by atoms with Crippen LogP contribution in [0.25, 0.3) is 0 Å². The molecular formula is C12H24N2. The Hall–Kier alpha value is -0.0800. The van der Waals surface area contributed by atoms with Gasteiger partial charge in [0.15, 0.2) is 0 Å². The van der Waals surface area contributed by atoms with Crippen LogP contribution in [-0.2, 0) is 0 Å². The second kappa shape index (κ2) is 3.82. The van der Waals surface area contributed by atoms with Gasteiger partial charge in [-0.05, 0) is 50.6 Å². The molecule has 2 aliphatic rings. The summed E-state index contributed by atoms with van der Waals surface area (Å²) in [5, 5.41) is 0. The first-order valence-electron chi connectivity index (χ1n) is 6.09. The smallest absolute Gasteiger partial charge is 0.00954 e. The van der Waals surface area contributed by atoms with Gasteiger partial charge in [-0.1, -0.05) is 13.3 Å². The minimum atomic E-state index is 0.401. The van der Waals surface area contributed by atoms with Crippen molar-refractivity contribution in [2.75, 3.05) is 19.6 Å². The molecule has 0 aromatic carbocycles. The molecule has 82 valence electrons. The van der Waals surface area contributed by atoms with Gasteiger partial charge in [0.25, 0.3) is 0 Å². The molecule has 2 nitrogen and oxygen atoms in total. The predicted octanol–water partition coefficient (Wildman–Crippen LogP) is 1.85. The van der Waals surface area contributed by atoms with Crippen LogP contribution in [0.2, 0.25) is 0 Å². The van der Waals surface area contributed by atoms with E-state index in [2.05, 4.69) is 18.7 Å². The van der Waals surface area contributed by atoms with Crippen LogP contribution in [0.4, 0.5) is 0 Å². The van der Waals surface area contributed by atoms with Crippen LogP contribution in [0.1, 0.15) is 39.5 Å². The first kappa shape index (κ1) is 10.4. The molecule has 0 aromatic heterocycles.